The molecule has 0 atom stereocenters. The molecule has 2 fully saturated rings. The van der Waals surface area contributed by atoms with Gasteiger partial charge in [0.05, 0.1) is 10.5 Å². The van der Waals surface area contributed by atoms with E-state index < -0.39 is 14.6 Å². The SMILES string of the molecule is CN=C(NCCS(=O)(=O)C(C)(C)C)N1CCC2(CCCC2)C1. The number of sulfone groups is 1. The summed E-state index contributed by atoms with van der Waals surface area (Å²) in [6.07, 6.45) is 6.61. The van der Waals surface area contributed by atoms with Gasteiger partial charge in [-0.05, 0) is 45.4 Å². The lowest BCUT2D eigenvalue weighted by molar-refractivity contribution is 0.309. The molecule has 0 aromatic carbocycles. The maximum Gasteiger partial charge on any atom is 0.193 e. The zero-order valence-electron chi connectivity index (χ0n) is 14.5. The Morgan fingerprint density at radius 2 is 1.86 bits per heavy atom. The molecule has 0 radical (unpaired) electrons. The van der Waals surface area contributed by atoms with Gasteiger partial charge in [-0.15, -0.1) is 0 Å². The first-order chi connectivity index (χ1) is 10.2. The molecule has 0 aromatic rings. The van der Waals surface area contributed by atoms with Crippen LogP contribution in [-0.2, 0) is 9.84 Å². The van der Waals surface area contributed by atoms with Gasteiger partial charge in [-0.25, -0.2) is 8.42 Å². The van der Waals surface area contributed by atoms with Gasteiger partial charge < -0.3 is 10.2 Å². The second-order valence-corrected chi connectivity index (χ2v) is 10.6. The summed E-state index contributed by atoms with van der Waals surface area (Å²) in [5.74, 6) is 1.00. The predicted octanol–water partition coefficient (Wildman–Crippen LogP) is 2.04. The minimum Gasteiger partial charge on any atom is -0.355 e. The van der Waals surface area contributed by atoms with E-state index >= 15 is 0 Å². The zero-order chi connectivity index (χ0) is 16.4. The Kier molecular flexibility index (Phi) is 5.09. The van der Waals surface area contributed by atoms with Crippen molar-refractivity contribution in [1.29, 1.82) is 0 Å². The van der Waals surface area contributed by atoms with Crippen molar-refractivity contribution in [2.75, 3.05) is 32.4 Å². The molecular weight excluding hydrogens is 298 g/mol. The van der Waals surface area contributed by atoms with E-state index in [2.05, 4.69) is 15.2 Å². The number of aliphatic imine (C=N–C) groups is 1. The number of nitrogens with one attached hydrogen (secondary N) is 1. The maximum absolute atomic E-state index is 12.2. The summed E-state index contributed by atoms with van der Waals surface area (Å²) in [4.78, 5) is 6.64. The minimum atomic E-state index is -3.08. The van der Waals surface area contributed by atoms with E-state index in [9.17, 15) is 8.42 Å². The first-order valence-electron chi connectivity index (χ1n) is 8.37. The smallest absolute Gasteiger partial charge is 0.193 e. The normalized spacial score (nSPS) is 22.5. The van der Waals surface area contributed by atoms with Crippen LogP contribution in [0.5, 0.6) is 0 Å². The van der Waals surface area contributed by atoms with Gasteiger partial charge in [-0.1, -0.05) is 12.8 Å². The van der Waals surface area contributed by atoms with Crippen molar-refractivity contribution < 1.29 is 8.42 Å². The summed E-state index contributed by atoms with van der Waals surface area (Å²) in [6, 6.07) is 0. The second-order valence-electron chi connectivity index (χ2n) is 7.78. The number of nitrogens with zero attached hydrogens (tertiary/aromatic N) is 2. The van der Waals surface area contributed by atoms with Gasteiger partial charge >= 0.3 is 0 Å². The van der Waals surface area contributed by atoms with Gasteiger partial charge in [0.2, 0.25) is 0 Å². The summed E-state index contributed by atoms with van der Waals surface area (Å²) in [7, 11) is -1.31. The fraction of sp³-hybridized carbons (Fsp3) is 0.938. The Morgan fingerprint density at radius 1 is 1.23 bits per heavy atom. The van der Waals surface area contributed by atoms with Crippen molar-refractivity contribution in [3.63, 3.8) is 0 Å². The first-order valence-corrected chi connectivity index (χ1v) is 10.0. The molecule has 5 nitrogen and oxygen atoms in total. The summed E-state index contributed by atoms with van der Waals surface area (Å²) in [6.45, 7) is 7.78. The third-order valence-corrected chi connectivity index (χ3v) is 7.81. The molecule has 2 aliphatic rings. The fourth-order valence-corrected chi connectivity index (χ4v) is 4.57. The third kappa shape index (κ3) is 3.76. The summed E-state index contributed by atoms with van der Waals surface area (Å²) >= 11 is 0. The quantitative estimate of drug-likeness (QED) is 0.636. The van der Waals surface area contributed by atoms with Crippen LogP contribution in [0.3, 0.4) is 0 Å². The molecular formula is C16H31N3O2S. The van der Waals surface area contributed by atoms with E-state index in [4.69, 9.17) is 0 Å². The summed E-state index contributed by atoms with van der Waals surface area (Å²) in [5.41, 5.74) is 0.495. The van der Waals surface area contributed by atoms with Gasteiger partial charge in [0.25, 0.3) is 0 Å². The van der Waals surface area contributed by atoms with E-state index in [1.165, 1.54) is 32.1 Å². The molecule has 0 amide bonds. The molecule has 2 rings (SSSR count). The topological polar surface area (TPSA) is 61.8 Å². The second kappa shape index (κ2) is 6.38. The Hall–Kier alpha value is -0.780. The zero-order valence-corrected chi connectivity index (χ0v) is 15.3. The highest BCUT2D eigenvalue weighted by molar-refractivity contribution is 7.92. The highest BCUT2D eigenvalue weighted by Crippen LogP contribution is 2.45. The van der Waals surface area contributed by atoms with E-state index in [-0.39, 0.29) is 5.75 Å². The Balaban J connectivity index is 1.87. The van der Waals surface area contributed by atoms with Crippen molar-refractivity contribution in [2.24, 2.45) is 10.4 Å². The van der Waals surface area contributed by atoms with E-state index in [0.29, 0.717) is 12.0 Å². The fourth-order valence-electron chi connectivity index (χ4n) is 3.58. The van der Waals surface area contributed by atoms with Crippen LogP contribution in [0.4, 0.5) is 0 Å². The molecule has 1 saturated heterocycles. The molecule has 0 unspecified atom stereocenters. The van der Waals surface area contributed by atoms with Gasteiger partial charge in [-0.3, -0.25) is 4.99 Å². The third-order valence-electron chi connectivity index (χ3n) is 5.20. The van der Waals surface area contributed by atoms with Crippen molar-refractivity contribution in [3.8, 4) is 0 Å². The van der Waals surface area contributed by atoms with Crippen molar-refractivity contribution in [2.45, 2.75) is 57.6 Å². The average molecular weight is 330 g/mol. The number of rotatable bonds is 3. The van der Waals surface area contributed by atoms with Crippen molar-refractivity contribution in [3.05, 3.63) is 0 Å². The largest absolute Gasteiger partial charge is 0.355 e. The average Bonchev–Trinajstić information content (AvgIpc) is 3.04. The lowest BCUT2D eigenvalue weighted by atomic mass is 9.86. The van der Waals surface area contributed by atoms with Gasteiger partial charge in [0.1, 0.15) is 0 Å². The summed E-state index contributed by atoms with van der Waals surface area (Å²) < 4.78 is 23.6. The lowest BCUT2D eigenvalue weighted by Crippen LogP contribution is -2.44. The standard InChI is InChI=1S/C16H31N3O2S/c1-15(2,3)22(20,21)12-10-18-14(17-4)19-11-9-16(13-19)7-5-6-8-16/h5-13H2,1-4H3,(H,17,18). The lowest BCUT2D eigenvalue weighted by Gasteiger charge is -2.26. The van der Waals surface area contributed by atoms with Crippen molar-refractivity contribution in [1.82, 2.24) is 10.2 Å². The van der Waals surface area contributed by atoms with Crippen LogP contribution in [0.1, 0.15) is 52.9 Å². The molecule has 0 aromatic heterocycles. The minimum absolute atomic E-state index is 0.147. The number of guanidine groups is 1. The van der Waals surface area contributed by atoms with Crippen molar-refractivity contribution >= 4 is 15.8 Å². The molecule has 1 saturated carbocycles. The Bertz CT molecular complexity index is 514. The molecule has 0 bridgehead atoms. The van der Waals surface area contributed by atoms with Crippen LogP contribution in [0.25, 0.3) is 0 Å². The van der Waals surface area contributed by atoms with Crippen LogP contribution >= 0.6 is 0 Å². The Labute approximate surface area is 135 Å². The molecule has 1 N–H and O–H groups in total. The highest BCUT2D eigenvalue weighted by Gasteiger charge is 2.41. The van der Waals surface area contributed by atoms with Gasteiger partial charge in [0.15, 0.2) is 15.8 Å². The van der Waals surface area contributed by atoms with E-state index in [1.807, 2.05) is 0 Å². The monoisotopic (exact) mass is 329 g/mol. The molecule has 128 valence electrons. The van der Waals surface area contributed by atoms with Gasteiger partial charge in [0, 0.05) is 26.7 Å². The van der Waals surface area contributed by atoms with E-state index in [0.717, 1.165) is 19.0 Å². The van der Waals surface area contributed by atoms with E-state index in [1.54, 1.807) is 27.8 Å². The van der Waals surface area contributed by atoms with Crippen LogP contribution in [0.15, 0.2) is 4.99 Å². The predicted molar refractivity (Wildman–Crippen MR) is 92.0 cm³/mol. The summed E-state index contributed by atoms with van der Waals surface area (Å²) in [5, 5.41) is 3.24. The number of hydrogen-bond donors (Lipinski definition) is 1. The number of likely N-dealkylation sites (tertiary alicyclic amines) is 1. The number of hydrogen-bond acceptors (Lipinski definition) is 3. The highest BCUT2D eigenvalue weighted by atomic mass is 32.2. The first kappa shape index (κ1) is 17.6. The molecule has 6 heteroatoms. The van der Waals surface area contributed by atoms with Gasteiger partial charge in [-0.2, -0.15) is 0 Å². The molecule has 1 aliphatic carbocycles. The molecule has 1 spiro atoms. The van der Waals surface area contributed by atoms with Crippen LogP contribution in [0.2, 0.25) is 0 Å². The Morgan fingerprint density at radius 3 is 2.41 bits per heavy atom. The van der Waals surface area contributed by atoms with Crippen LogP contribution < -0.4 is 5.32 Å². The maximum atomic E-state index is 12.2. The molecule has 22 heavy (non-hydrogen) atoms. The van der Waals surface area contributed by atoms with Crippen LogP contribution in [-0.4, -0.2) is 56.5 Å². The molecule has 1 aliphatic heterocycles. The molecule has 1 heterocycles. The van der Waals surface area contributed by atoms with Crippen LogP contribution in [0, 0.1) is 5.41 Å².